The van der Waals surface area contributed by atoms with Crippen molar-refractivity contribution < 1.29 is 4.79 Å². The van der Waals surface area contributed by atoms with Gasteiger partial charge in [-0.25, -0.2) is 0 Å². The number of carbonyl (C=O) groups is 1. The molecule has 0 N–H and O–H groups in total. The van der Waals surface area contributed by atoms with Crippen LogP contribution in [0, 0.1) is 28.6 Å². The van der Waals surface area contributed by atoms with Gasteiger partial charge in [0.15, 0.2) is 0 Å². The Morgan fingerprint density at radius 3 is 2.50 bits per heavy atom. The highest BCUT2D eigenvalue weighted by Crippen LogP contribution is 2.62. The van der Waals surface area contributed by atoms with E-state index in [0.29, 0.717) is 17.1 Å². The van der Waals surface area contributed by atoms with E-state index in [1.165, 1.54) is 44.9 Å². The SMILES string of the molecule is CC1(C)C(=O)CC[C@]2(C)[C@H]3CCCC[C@@H]3CC[C@@H]12. The fourth-order valence-corrected chi connectivity index (χ4v) is 5.83. The molecule has 0 spiro atoms. The van der Waals surface area contributed by atoms with E-state index in [1.54, 1.807) is 0 Å². The van der Waals surface area contributed by atoms with E-state index in [4.69, 9.17) is 0 Å². The normalized spacial score (nSPS) is 47.3. The largest absolute Gasteiger partial charge is 0.299 e. The summed E-state index contributed by atoms with van der Waals surface area (Å²) in [5, 5.41) is 0. The molecule has 0 aromatic rings. The summed E-state index contributed by atoms with van der Waals surface area (Å²) < 4.78 is 0. The molecule has 3 rings (SSSR count). The van der Waals surface area contributed by atoms with Gasteiger partial charge in [-0.1, -0.05) is 40.0 Å². The molecule has 1 nitrogen and oxygen atoms in total. The van der Waals surface area contributed by atoms with E-state index < -0.39 is 0 Å². The van der Waals surface area contributed by atoms with Crippen molar-refractivity contribution in [1.29, 1.82) is 0 Å². The average Bonchev–Trinajstić information content (AvgIpc) is 2.35. The van der Waals surface area contributed by atoms with Crippen LogP contribution in [0.4, 0.5) is 0 Å². The first-order valence-corrected chi connectivity index (χ1v) is 7.99. The highest BCUT2D eigenvalue weighted by atomic mass is 16.1. The zero-order valence-corrected chi connectivity index (χ0v) is 12.3. The molecule has 3 aliphatic rings. The van der Waals surface area contributed by atoms with Crippen LogP contribution in [0.15, 0.2) is 0 Å². The zero-order chi connectivity index (χ0) is 13.0. The first-order valence-electron chi connectivity index (χ1n) is 7.99. The Hall–Kier alpha value is -0.330. The molecule has 102 valence electrons. The lowest BCUT2D eigenvalue weighted by atomic mass is 9.44. The van der Waals surface area contributed by atoms with Crippen LogP contribution in [-0.4, -0.2) is 5.78 Å². The quantitative estimate of drug-likeness (QED) is 0.612. The first kappa shape index (κ1) is 12.7. The number of hydrogen-bond donors (Lipinski definition) is 0. The first-order chi connectivity index (χ1) is 8.46. The molecular formula is C17H28O. The average molecular weight is 248 g/mol. The van der Waals surface area contributed by atoms with Gasteiger partial charge >= 0.3 is 0 Å². The van der Waals surface area contributed by atoms with Crippen LogP contribution in [0.5, 0.6) is 0 Å². The molecule has 0 radical (unpaired) electrons. The molecule has 18 heavy (non-hydrogen) atoms. The molecule has 0 aromatic heterocycles. The van der Waals surface area contributed by atoms with Gasteiger partial charge in [-0.2, -0.15) is 0 Å². The Morgan fingerprint density at radius 2 is 1.72 bits per heavy atom. The summed E-state index contributed by atoms with van der Waals surface area (Å²) in [5.74, 6) is 3.06. The Kier molecular flexibility index (Phi) is 2.88. The van der Waals surface area contributed by atoms with Crippen molar-refractivity contribution >= 4 is 5.78 Å². The molecule has 0 aliphatic heterocycles. The number of hydrogen-bond acceptors (Lipinski definition) is 1. The van der Waals surface area contributed by atoms with Crippen molar-refractivity contribution in [2.45, 2.75) is 72.1 Å². The van der Waals surface area contributed by atoms with Gasteiger partial charge in [0.05, 0.1) is 0 Å². The van der Waals surface area contributed by atoms with E-state index in [1.807, 2.05) is 0 Å². The third kappa shape index (κ3) is 1.62. The third-order valence-corrected chi connectivity index (χ3v) is 6.86. The van der Waals surface area contributed by atoms with Crippen LogP contribution >= 0.6 is 0 Å². The Morgan fingerprint density at radius 1 is 1.00 bits per heavy atom. The second-order valence-electron chi connectivity index (χ2n) is 7.93. The fraction of sp³-hybridized carbons (Fsp3) is 0.941. The second kappa shape index (κ2) is 4.08. The summed E-state index contributed by atoms with van der Waals surface area (Å²) in [6.07, 6.45) is 10.5. The minimum absolute atomic E-state index is 0.0601. The number of Topliss-reactive ketones (excluding diaryl/α,β-unsaturated/α-hetero) is 1. The van der Waals surface area contributed by atoms with E-state index in [0.717, 1.165) is 18.3 Å². The van der Waals surface area contributed by atoms with Crippen LogP contribution in [0.2, 0.25) is 0 Å². The molecular weight excluding hydrogens is 220 g/mol. The lowest BCUT2D eigenvalue weighted by Crippen LogP contribution is -2.55. The van der Waals surface area contributed by atoms with E-state index in [2.05, 4.69) is 20.8 Å². The topological polar surface area (TPSA) is 17.1 Å². The van der Waals surface area contributed by atoms with Crippen LogP contribution in [0.25, 0.3) is 0 Å². The lowest BCUT2D eigenvalue weighted by Gasteiger charge is -2.59. The lowest BCUT2D eigenvalue weighted by molar-refractivity contribution is -0.153. The molecule has 0 heterocycles. The van der Waals surface area contributed by atoms with Crippen molar-refractivity contribution in [1.82, 2.24) is 0 Å². The van der Waals surface area contributed by atoms with E-state index >= 15 is 0 Å². The number of rotatable bonds is 0. The molecule has 3 saturated carbocycles. The smallest absolute Gasteiger partial charge is 0.138 e. The van der Waals surface area contributed by atoms with Crippen molar-refractivity contribution in [3.63, 3.8) is 0 Å². The molecule has 0 bridgehead atoms. The van der Waals surface area contributed by atoms with Crippen molar-refractivity contribution in [3.8, 4) is 0 Å². The maximum atomic E-state index is 12.3. The molecule has 3 fully saturated rings. The van der Waals surface area contributed by atoms with Crippen molar-refractivity contribution in [3.05, 3.63) is 0 Å². The van der Waals surface area contributed by atoms with E-state index in [9.17, 15) is 4.79 Å². The minimum Gasteiger partial charge on any atom is -0.299 e. The van der Waals surface area contributed by atoms with Crippen LogP contribution in [0.3, 0.4) is 0 Å². The van der Waals surface area contributed by atoms with Crippen molar-refractivity contribution in [2.75, 3.05) is 0 Å². The van der Waals surface area contributed by atoms with Gasteiger partial charge in [-0.05, 0) is 48.9 Å². The van der Waals surface area contributed by atoms with Crippen LogP contribution in [-0.2, 0) is 4.79 Å². The molecule has 3 aliphatic carbocycles. The Labute approximate surface area is 112 Å². The molecule has 4 atom stereocenters. The summed E-state index contributed by atoms with van der Waals surface area (Å²) in [5.41, 5.74) is 0.399. The van der Waals surface area contributed by atoms with Gasteiger partial charge in [0.25, 0.3) is 0 Å². The third-order valence-electron chi connectivity index (χ3n) is 6.86. The van der Waals surface area contributed by atoms with Gasteiger partial charge in [-0.15, -0.1) is 0 Å². The fourth-order valence-electron chi connectivity index (χ4n) is 5.83. The summed E-state index contributed by atoms with van der Waals surface area (Å²) in [4.78, 5) is 12.3. The van der Waals surface area contributed by atoms with Gasteiger partial charge in [0, 0.05) is 11.8 Å². The summed E-state index contributed by atoms with van der Waals surface area (Å²) in [7, 11) is 0. The molecule has 0 saturated heterocycles. The monoisotopic (exact) mass is 248 g/mol. The molecule has 0 unspecified atom stereocenters. The van der Waals surface area contributed by atoms with Gasteiger partial charge in [0.2, 0.25) is 0 Å². The predicted molar refractivity (Wildman–Crippen MR) is 74.3 cm³/mol. The van der Waals surface area contributed by atoms with Crippen molar-refractivity contribution in [2.24, 2.45) is 28.6 Å². The highest BCUT2D eigenvalue weighted by molar-refractivity contribution is 5.85. The number of fused-ring (bicyclic) bond motifs is 3. The number of carbonyl (C=O) groups excluding carboxylic acids is 1. The molecule has 0 amide bonds. The summed E-state index contributed by atoms with van der Waals surface area (Å²) in [6, 6.07) is 0. The maximum absolute atomic E-state index is 12.3. The standard InChI is InChI=1S/C17H28O/c1-16(2)14-9-8-12-6-4-5-7-13(12)17(14,3)11-10-15(16)18/h12-14H,4-11H2,1-3H3/t12-,13+,14+,17-/m1/s1. The van der Waals surface area contributed by atoms with Gasteiger partial charge in [-0.3, -0.25) is 4.79 Å². The Balaban J connectivity index is 1.94. The van der Waals surface area contributed by atoms with Gasteiger partial charge in [0.1, 0.15) is 5.78 Å². The molecule has 0 aromatic carbocycles. The summed E-state index contributed by atoms with van der Waals surface area (Å²) >= 11 is 0. The maximum Gasteiger partial charge on any atom is 0.138 e. The van der Waals surface area contributed by atoms with Gasteiger partial charge < -0.3 is 0 Å². The summed E-state index contributed by atoms with van der Waals surface area (Å²) in [6.45, 7) is 6.97. The van der Waals surface area contributed by atoms with Crippen LogP contribution < -0.4 is 0 Å². The van der Waals surface area contributed by atoms with Crippen LogP contribution in [0.1, 0.15) is 72.1 Å². The predicted octanol–water partition coefficient (Wildman–Crippen LogP) is 4.60. The highest BCUT2D eigenvalue weighted by Gasteiger charge is 2.57. The Bertz CT molecular complexity index is 357. The number of ketones is 1. The minimum atomic E-state index is -0.0601. The van der Waals surface area contributed by atoms with E-state index in [-0.39, 0.29) is 5.41 Å². The zero-order valence-electron chi connectivity index (χ0n) is 12.3. The molecule has 1 heteroatoms. The second-order valence-corrected chi connectivity index (χ2v) is 7.93.